The molecule has 0 aliphatic carbocycles. The molecule has 200 valence electrons. The molecule has 0 spiro atoms. The van der Waals surface area contributed by atoms with Crippen LogP contribution in [0.5, 0.6) is 5.75 Å². The number of allylic oxidation sites excluding steroid dienone is 2. The fourth-order valence-corrected chi connectivity index (χ4v) is 4.56. The highest BCUT2D eigenvalue weighted by Gasteiger charge is 2.40. The summed E-state index contributed by atoms with van der Waals surface area (Å²) in [6.07, 6.45) is 4.83. The third-order valence-electron chi connectivity index (χ3n) is 6.30. The van der Waals surface area contributed by atoms with Crippen molar-refractivity contribution in [2.75, 3.05) is 20.3 Å². The molecule has 2 aromatic carbocycles. The number of rotatable bonds is 10. The number of carbonyl (C=O) groups is 2. The van der Waals surface area contributed by atoms with E-state index >= 15 is 0 Å². The molecule has 4 rings (SSSR count). The van der Waals surface area contributed by atoms with Gasteiger partial charge >= 0.3 is 11.9 Å². The average Bonchev–Trinajstić information content (AvgIpc) is 3.40. The van der Waals surface area contributed by atoms with Gasteiger partial charge in [-0.1, -0.05) is 43.5 Å². The Morgan fingerprint density at radius 2 is 1.49 bits per heavy atom. The van der Waals surface area contributed by atoms with Crippen LogP contribution in [0.15, 0.2) is 109 Å². The van der Waals surface area contributed by atoms with Gasteiger partial charge in [-0.15, -0.1) is 0 Å². The summed E-state index contributed by atoms with van der Waals surface area (Å²) < 4.78 is 18.0. The average molecular weight is 526 g/mol. The van der Waals surface area contributed by atoms with Crippen LogP contribution in [-0.4, -0.2) is 42.0 Å². The molecule has 39 heavy (non-hydrogen) atoms. The van der Waals surface area contributed by atoms with Gasteiger partial charge < -0.3 is 19.5 Å². The van der Waals surface area contributed by atoms with E-state index in [0.29, 0.717) is 28.4 Å². The number of esters is 2. The van der Waals surface area contributed by atoms with Crippen LogP contribution in [0, 0.1) is 0 Å². The topological polar surface area (TPSA) is 91.7 Å². The molecule has 3 aromatic rings. The number of ether oxygens (including phenoxy) is 3. The van der Waals surface area contributed by atoms with Gasteiger partial charge in [-0.05, 0) is 50.2 Å². The fourth-order valence-electron chi connectivity index (χ4n) is 4.56. The molecule has 0 amide bonds. The van der Waals surface area contributed by atoms with Crippen molar-refractivity contribution in [2.45, 2.75) is 19.8 Å². The smallest absolute Gasteiger partial charge is 0.337 e. The first-order chi connectivity index (χ1) is 18.9. The van der Waals surface area contributed by atoms with Gasteiger partial charge in [0.25, 0.3) is 0 Å². The lowest BCUT2D eigenvalue weighted by molar-refractivity contribution is -0.138. The predicted octanol–water partition coefficient (Wildman–Crippen LogP) is 5.24. The molecule has 0 saturated carbocycles. The van der Waals surface area contributed by atoms with Gasteiger partial charge in [0.15, 0.2) is 0 Å². The highest BCUT2D eigenvalue weighted by molar-refractivity contribution is 6.00. The van der Waals surface area contributed by atoms with Gasteiger partial charge in [0, 0.05) is 28.7 Å². The first kappa shape index (κ1) is 27.2. The Morgan fingerprint density at radius 3 is 2.00 bits per heavy atom. The molecule has 0 radical (unpaired) electrons. The van der Waals surface area contributed by atoms with Crippen molar-refractivity contribution < 1.29 is 23.8 Å². The van der Waals surface area contributed by atoms with Crippen molar-refractivity contribution >= 4 is 11.9 Å². The standard InChI is InChI=1S/C31H31N3O5/c1-6-17-38-30(35)26-20(3)32-21(4)27(31(36)39-18-7-2)28(26)25-19-34(23-11-9-8-10-12-23)33-29(25)22-13-15-24(37-5)16-14-22/h6-16,19,28,32H,1-2,17-18H2,3-5H3. The molecule has 1 aromatic heterocycles. The molecule has 0 saturated heterocycles. The van der Waals surface area contributed by atoms with Crippen LogP contribution in [0.4, 0.5) is 0 Å². The van der Waals surface area contributed by atoms with Crippen LogP contribution in [0.1, 0.15) is 25.3 Å². The summed E-state index contributed by atoms with van der Waals surface area (Å²) in [6.45, 7) is 10.9. The Balaban J connectivity index is 1.98. The number of benzene rings is 2. The number of methoxy groups -OCH3 is 1. The summed E-state index contributed by atoms with van der Waals surface area (Å²) in [5.74, 6) is -1.27. The van der Waals surface area contributed by atoms with Crippen molar-refractivity contribution in [2.24, 2.45) is 0 Å². The van der Waals surface area contributed by atoms with Crippen LogP contribution >= 0.6 is 0 Å². The number of para-hydroxylation sites is 1. The lowest BCUT2D eigenvalue weighted by Crippen LogP contribution is -2.32. The monoisotopic (exact) mass is 525 g/mol. The Labute approximate surface area is 227 Å². The Hall–Kier alpha value is -4.85. The molecule has 2 heterocycles. The second kappa shape index (κ2) is 12.1. The lowest BCUT2D eigenvalue weighted by Gasteiger charge is -2.30. The van der Waals surface area contributed by atoms with Crippen LogP contribution < -0.4 is 10.1 Å². The zero-order valence-corrected chi connectivity index (χ0v) is 22.3. The quantitative estimate of drug-likeness (QED) is 0.286. The summed E-state index contributed by atoms with van der Waals surface area (Å²) >= 11 is 0. The molecule has 0 bridgehead atoms. The number of hydrogen-bond donors (Lipinski definition) is 1. The molecule has 0 atom stereocenters. The van der Waals surface area contributed by atoms with E-state index in [0.717, 1.165) is 11.3 Å². The molecule has 8 nitrogen and oxygen atoms in total. The summed E-state index contributed by atoms with van der Waals surface area (Å²) in [7, 11) is 1.60. The Kier molecular flexibility index (Phi) is 8.46. The molecule has 1 aliphatic heterocycles. The Bertz CT molecular complexity index is 1400. The lowest BCUT2D eigenvalue weighted by atomic mass is 9.79. The molecule has 1 aliphatic rings. The first-order valence-corrected chi connectivity index (χ1v) is 12.4. The zero-order valence-electron chi connectivity index (χ0n) is 22.3. The number of nitrogens with zero attached hydrogens (tertiary/aromatic N) is 2. The van der Waals surface area contributed by atoms with E-state index in [1.165, 1.54) is 12.2 Å². The minimum absolute atomic E-state index is 0.0237. The van der Waals surface area contributed by atoms with Gasteiger partial charge in [-0.3, -0.25) is 0 Å². The van der Waals surface area contributed by atoms with E-state index < -0.39 is 17.9 Å². The second-order valence-electron chi connectivity index (χ2n) is 8.85. The van der Waals surface area contributed by atoms with E-state index in [2.05, 4.69) is 18.5 Å². The van der Waals surface area contributed by atoms with Gasteiger partial charge in [-0.2, -0.15) is 5.10 Å². The van der Waals surface area contributed by atoms with Crippen LogP contribution in [0.2, 0.25) is 0 Å². The minimum atomic E-state index is -0.824. The minimum Gasteiger partial charge on any atom is -0.497 e. The molecular formula is C31H31N3O5. The maximum Gasteiger partial charge on any atom is 0.337 e. The molecule has 8 heteroatoms. The third-order valence-corrected chi connectivity index (χ3v) is 6.30. The van der Waals surface area contributed by atoms with Gasteiger partial charge in [0.1, 0.15) is 19.0 Å². The summed E-state index contributed by atoms with van der Waals surface area (Å²) in [6, 6.07) is 17.1. The van der Waals surface area contributed by atoms with Crippen molar-refractivity contribution in [3.63, 3.8) is 0 Å². The first-order valence-electron chi connectivity index (χ1n) is 12.4. The SMILES string of the molecule is C=CCOC(=O)C1=C(C)NC(C)=C(C(=O)OCC=C)C1c1cn(-c2ccccc2)nc1-c1ccc(OC)cc1. The van der Waals surface area contributed by atoms with Crippen molar-refractivity contribution in [1.29, 1.82) is 0 Å². The highest BCUT2D eigenvalue weighted by Crippen LogP contribution is 2.43. The normalized spacial score (nSPS) is 13.5. The number of hydrogen-bond acceptors (Lipinski definition) is 7. The van der Waals surface area contributed by atoms with E-state index in [1.807, 2.05) is 60.8 Å². The maximum absolute atomic E-state index is 13.4. The summed E-state index contributed by atoms with van der Waals surface area (Å²) in [5.41, 5.74) is 4.55. The number of carbonyl (C=O) groups excluding carboxylic acids is 2. The highest BCUT2D eigenvalue weighted by atomic mass is 16.5. The molecule has 0 unspecified atom stereocenters. The largest absolute Gasteiger partial charge is 0.497 e. The fraction of sp³-hybridized carbons (Fsp3) is 0.194. The zero-order chi connectivity index (χ0) is 27.9. The molecule has 0 fully saturated rings. The Morgan fingerprint density at radius 1 is 0.923 bits per heavy atom. The van der Waals surface area contributed by atoms with Crippen LogP contribution in [0.3, 0.4) is 0 Å². The van der Waals surface area contributed by atoms with Crippen molar-refractivity contribution in [3.05, 3.63) is 114 Å². The molecule has 1 N–H and O–H groups in total. The summed E-state index contributed by atoms with van der Waals surface area (Å²) in [4.78, 5) is 26.9. The van der Waals surface area contributed by atoms with E-state index in [-0.39, 0.29) is 24.4 Å². The van der Waals surface area contributed by atoms with E-state index in [1.54, 1.807) is 25.6 Å². The van der Waals surface area contributed by atoms with Crippen LogP contribution in [-0.2, 0) is 19.1 Å². The van der Waals surface area contributed by atoms with Crippen molar-refractivity contribution in [3.8, 4) is 22.7 Å². The predicted molar refractivity (Wildman–Crippen MR) is 149 cm³/mol. The third kappa shape index (κ3) is 5.70. The van der Waals surface area contributed by atoms with Crippen molar-refractivity contribution in [1.82, 2.24) is 15.1 Å². The summed E-state index contributed by atoms with van der Waals surface area (Å²) in [5, 5.41) is 8.09. The van der Waals surface area contributed by atoms with E-state index in [9.17, 15) is 9.59 Å². The number of aromatic nitrogens is 2. The number of nitrogens with one attached hydrogen (secondary N) is 1. The van der Waals surface area contributed by atoms with Gasteiger partial charge in [0.2, 0.25) is 0 Å². The van der Waals surface area contributed by atoms with Gasteiger partial charge in [-0.25, -0.2) is 14.3 Å². The number of dihydropyridines is 1. The van der Waals surface area contributed by atoms with E-state index in [4.69, 9.17) is 19.3 Å². The van der Waals surface area contributed by atoms with Crippen LogP contribution in [0.25, 0.3) is 16.9 Å². The molecular weight excluding hydrogens is 494 g/mol. The van der Waals surface area contributed by atoms with Gasteiger partial charge in [0.05, 0.1) is 35.6 Å². The second-order valence-corrected chi connectivity index (χ2v) is 8.85. The maximum atomic E-state index is 13.4.